The van der Waals surface area contributed by atoms with E-state index in [-0.39, 0.29) is 12.3 Å². The van der Waals surface area contributed by atoms with Gasteiger partial charge in [-0.15, -0.1) is 0 Å². The van der Waals surface area contributed by atoms with Crippen LogP contribution in [-0.2, 0) is 6.61 Å². The molecule has 0 fully saturated rings. The number of amides is 1. The molecular formula is C15H14N2O4. The molecule has 0 aliphatic rings. The van der Waals surface area contributed by atoms with E-state index in [1.807, 2.05) is 0 Å². The first-order chi connectivity index (χ1) is 9.99. The second kappa shape index (κ2) is 6.04. The van der Waals surface area contributed by atoms with Crippen molar-refractivity contribution in [2.75, 3.05) is 0 Å². The quantitative estimate of drug-likeness (QED) is 0.675. The van der Waals surface area contributed by atoms with Crippen LogP contribution in [0.15, 0.2) is 42.5 Å². The van der Waals surface area contributed by atoms with Crippen molar-refractivity contribution in [3.63, 3.8) is 0 Å². The summed E-state index contributed by atoms with van der Waals surface area (Å²) in [5, 5.41) is 10.9. The molecule has 2 N–H and O–H groups in total. The SMILES string of the molecule is Cc1c(COc2ccc(C(N)=O)cc2)cccc1[N+](=O)[O-]. The standard InChI is InChI=1S/C15H14N2O4/c1-10-12(3-2-4-14(10)17(19)20)9-21-13-7-5-11(6-8-13)15(16)18/h2-8H,9H2,1H3,(H2,16,18). The highest BCUT2D eigenvalue weighted by Gasteiger charge is 2.13. The van der Waals surface area contributed by atoms with Gasteiger partial charge in [0.25, 0.3) is 5.69 Å². The maximum Gasteiger partial charge on any atom is 0.272 e. The van der Waals surface area contributed by atoms with E-state index in [1.54, 1.807) is 43.3 Å². The van der Waals surface area contributed by atoms with Crippen molar-refractivity contribution in [3.8, 4) is 5.75 Å². The third-order valence-corrected chi connectivity index (χ3v) is 3.15. The minimum absolute atomic E-state index is 0.0696. The van der Waals surface area contributed by atoms with Gasteiger partial charge in [-0.1, -0.05) is 12.1 Å². The van der Waals surface area contributed by atoms with Crippen molar-refractivity contribution in [3.05, 3.63) is 69.3 Å². The van der Waals surface area contributed by atoms with Crippen LogP contribution in [0.1, 0.15) is 21.5 Å². The zero-order valence-corrected chi connectivity index (χ0v) is 11.4. The molecule has 2 aromatic carbocycles. The van der Waals surface area contributed by atoms with Crippen LogP contribution < -0.4 is 10.5 Å². The predicted molar refractivity (Wildman–Crippen MR) is 77.1 cm³/mol. The Morgan fingerprint density at radius 1 is 1.24 bits per heavy atom. The maximum absolute atomic E-state index is 11.0. The number of carbonyl (C=O) groups is 1. The molecule has 1 amide bonds. The maximum atomic E-state index is 11.0. The normalized spacial score (nSPS) is 10.1. The Morgan fingerprint density at radius 3 is 2.48 bits per heavy atom. The minimum Gasteiger partial charge on any atom is -0.489 e. The summed E-state index contributed by atoms with van der Waals surface area (Å²) in [5.41, 5.74) is 6.94. The van der Waals surface area contributed by atoms with Gasteiger partial charge >= 0.3 is 0 Å². The predicted octanol–water partition coefficient (Wildman–Crippen LogP) is 2.58. The van der Waals surface area contributed by atoms with Crippen molar-refractivity contribution in [2.45, 2.75) is 13.5 Å². The molecule has 2 aromatic rings. The average molecular weight is 286 g/mol. The number of nitrogens with zero attached hydrogens (tertiary/aromatic N) is 1. The van der Waals surface area contributed by atoms with Crippen molar-refractivity contribution in [1.82, 2.24) is 0 Å². The van der Waals surface area contributed by atoms with Crippen LogP contribution in [0.5, 0.6) is 5.75 Å². The lowest BCUT2D eigenvalue weighted by Crippen LogP contribution is -2.10. The first-order valence-corrected chi connectivity index (χ1v) is 6.24. The summed E-state index contributed by atoms with van der Waals surface area (Å²) in [6, 6.07) is 11.3. The van der Waals surface area contributed by atoms with E-state index in [0.29, 0.717) is 16.9 Å². The number of primary amides is 1. The van der Waals surface area contributed by atoms with Crippen LogP contribution in [0.4, 0.5) is 5.69 Å². The molecule has 2 rings (SSSR count). The Morgan fingerprint density at radius 2 is 1.90 bits per heavy atom. The molecule has 0 aliphatic heterocycles. The third kappa shape index (κ3) is 3.36. The molecule has 0 spiro atoms. The van der Waals surface area contributed by atoms with Crippen LogP contribution in [0, 0.1) is 17.0 Å². The first-order valence-electron chi connectivity index (χ1n) is 6.24. The van der Waals surface area contributed by atoms with Gasteiger partial charge in [-0.25, -0.2) is 0 Å². The highest BCUT2D eigenvalue weighted by Crippen LogP contribution is 2.22. The fourth-order valence-electron chi connectivity index (χ4n) is 1.90. The van der Waals surface area contributed by atoms with Crippen LogP contribution in [0.25, 0.3) is 0 Å². The number of benzene rings is 2. The lowest BCUT2D eigenvalue weighted by molar-refractivity contribution is -0.385. The van der Waals surface area contributed by atoms with Gasteiger partial charge in [0.15, 0.2) is 0 Å². The van der Waals surface area contributed by atoms with Crippen molar-refractivity contribution < 1.29 is 14.5 Å². The summed E-state index contributed by atoms with van der Waals surface area (Å²) in [5.74, 6) is 0.0574. The summed E-state index contributed by atoms with van der Waals surface area (Å²) < 4.78 is 5.57. The molecule has 21 heavy (non-hydrogen) atoms. The minimum atomic E-state index is -0.504. The highest BCUT2D eigenvalue weighted by molar-refractivity contribution is 5.92. The number of nitrogens with two attached hydrogens (primary N) is 1. The zero-order chi connectivity index (χ0) is 15.4. The molecule has 0 saturated heterocycles. The van der Waals surface area contributed by atoms with Crippen LogP contribution >= 0.6 is 0 Å². The van der Waals surface area contributed by atoms with Gasteiger partial charge in [-0.05, 0) is 36.8 Å². The monoisotopic (exact) mass is 286 g/mol. The van der Waals surface area contributed by atoms with Gasteiger partial charge in [0.2, 0.25) is 5.91 Å². The Kier molecular flexibility index (Phi) is 4.18. The molecule has 108 valence electrons. The molecule has 0 bridgehead atoms. The Bertz CT molecular complexity index is 681. The fourth-order valence-corrected chi connectivity index (χ4v) is 1.90. The molecule has 6 heteroatoms. The number of nitro groups is 1. The lowest BCUT2D eigenvalue weighted by atomic mass is 10.1. The number of carbonyl (C=O) groups excluding carboxylic acids is 1. The molecule has 0 unspecified atom stereocenters. The van der Waals surface area contributed by atoms with E-state index < -0.39 is 10.8 Å². The van der Waals surface area contributed by atoms with E-state index in [9.17, 15) is 14.9 Å². The van der Waals surface area contributed by atoms with Gasteiger partial charge in [-0.3, -0.25) is 14.9 Å². The molecule has 0 atom stereocenters. The summed E-state index contributed by atoms with van der Waals surface area (Å²) in [4.78, 5) is 21.4. The number of hydrogen-bond donors (Lipinski definition) is 1. The molecule has 6 nitrogen and oxygen atoms in total. The smallest absolute Gasteiger partial charge is 0.272 e. The third-order valence-electron chi connectivity index (χ3n) is 3.15. The van der Waals surface area contributed by atoms with E-state index >= 15 is 0 Å². The van der Waals surface area contributed by atoms with E-state index in [0.717, 1.165) is 5.56 Å². The molecule has 0 saturated carbocycles. The first kappa shape index (κ1) is 14.5. The number of ether oxygens (including phenoxy) is 1. The largest absolute Gasteiger partial charge is 0.489 e. The molecule has 0 aromatic heterocycles. The summed E-state index contributed by atoms with van der Waals surface area (Å²) >= 11 is 0. The lowest BCUT2D eigenvalue weighted by Gasteiger charge is -2.09. The van der Waals surface area contributed by atoms with Crippen LogP contribution in [0.3, 0.4) is 0 Å². The highest BCUT2D eigenvalue weighted by atomic mass is 16.6. The number of nitro benzene ring substituents is 1. The zero-order valence-electron chi connectivity index (χ0n) is 11.4. The fraction of sp³-hybridized carbons (Fsp3) is 0.133. The molecule has 0 radical (unpaired) electrons. The average Bonchev–Trinajstić information content (AvgIpc) is 2.46. The topological polar surface area (TPSA) is 95.5 Å². The van der Waals surface area contributed by atoms with E-state index in [4.69, 9.17) is 10.5 Å². The van der Waals surface area contributed by atoms with Crippen molar-refractivity contribution in [1.29, 1.82) is 0 Å². The van der Waals surface area contributed by atoms with Crippen LogP contribution in [0.2, 0.25) is 0 Å². The van der Waals surface area contributed by atoms with E-state index in [2.05, 4.69) is 0 Å². The van der Waals surface area contributed by atoms with Gasteiger partial charge in [0, 0.05) is 17.2 Å². The summed E-state index contributed by atoms with van der Waals surface area (Å²) in [6.07, 6.45) is 0. The Hall–Kier alpha value is -2.89. The number of rotatable bonds is 5. The van der Waals surface area contributed by atoms with Crippen molar-refractivity contribution >= 4 is 11.6 Å². The Balaban J connectivity index is 2.11. The van der Waals surface area contributed by atoms with E-state index in [1.165, 1.54) is 6.07 Å². The van der Waals surface area contributed by atoms with Gasteiger partial charge in [0.1, 0.15) is 12.4 Å². The molecule has 0 heterocycles. The number of hydrogen-bond acceptors (Lipinski definition) is 4. The van der Waals surface area contributed by atoms with Gasteiger partial charge in [0.05, 0.1) is 4.92 Å². The second-order valence-electron chi connectivity index (χ2n) is 4.50. The van der Waals surface area contributed by atoms with Gasteiger partial charge < -0.3 is 10.5 Å². The van der Waals surface area contributed by atoms with Crippen LogP contribution in [-0.4, -0.2) is 10.8 Å². The molecule has 0 aliphatic carbocycles. The van der Waals surface area contributed by atoms with Gasteiger partial charge in [-0.2, -0.15) is 0 Å². The second-order valence-corrected chi connectivity index (χ2v) is 4.50. The molecular weight excluding hydrogens is 272 g/mol. The summed E-state index contributed by atoms with van der Waals surface area (Å²) in [6.45, 7) is 1.90. The van der Waals surface area contributed by atoms with Crippen molar-refractivity contribution in [2.24, 2.45) is 5.73 Å². The summed E-state index contributed by atoms with van der Waals surface area (Å²) in [7, 11) is 0. The Labute approximate surface area is 121 Å².